The maximum atomic E-state index is 12.8. The molecule has 0 aliphatic carbocycles. The summed E-state index contributed by atoms with van der Waals surface area (Å²) in [6.07, 6.45) is 3.49. The van der Waals surface area contributed by atoms with Crippen molar-refractivity contribution in [2.24, 2.45) is 5.92 Å². The highest BCUT2D eigenvalue weighted by Crippen LogP contribution is 2.29. The molecule has 2 bridgehead atoms. The molecule has 9 heteroatoms. The fourth-order valence-electron chi connectivity index (χ4n) is 3.96. The number of carbonyl (C=O) groups excluding carboxylic acids is 1. The van der Waals surface area contributed by atoms with Crippen molar-refractivity contribution >= 4 is 17.2 Å². The molecule has 5 heterocycles. The van der Waals surface area contributed by atoms with Crippen molar-refractivity contribution in [3.63, 3.8) is 0 Å². The lowest BCUT2D eigenvalue weighted by Crippen LogP contribution is -2.49. The maximum absolute atomic E-state index is 12.8. The van der Waals surface area contributed by atoms with Gasteiger partial charge in [-0.2, -0.15) is 0 Å². The van der Waals surface area contributed by atoms with Crippen molar-refractivity contribution < 1.29 is 4.79 Å². The Balaban J connectivity index is 1.46. The number of H-pyrrole nitrogens is 1. The molecule has 3 aliphatic rings. The fraction of sp³-hybridized carbons (Fsp3) is 0.529. The molecule has 0 aromatic carbocycles. The quantitative estimate of drug-likeness (QED) is 0.819. The lowest BCUT2D eigenvalue weighted by Gasteiger charge is -2.36. The summed E-state index contributed by atoms with van der Waals surface area (Å²) < 4.78 is 1.26. The van der Waals surface area contributed by atoms with Gasteiger partial charge in [0.15, 0.2) is 0 Å². The zero-order valence-electron chi connectivity index (χ0n) is 14.3. The number of nitrogens with zero attached hydrogens (tertiary/aromatic N) is 4. The van der Waals surface area contributed by atoms with Crippen LogP contribution in [0.25, 0.3) is 0 Å². The van der Waals surface area contributed by atoms with Crippen LogP contribution in [0, 0.1) is 5.92 Å². The Morgan fingerprint density at radius 1 is 1.27 bits per heavy atom. The Labute approximate surface area is 154 Å². The third-order valence-corrected chi connectivity index (χ3v) is 5.82. The highest BCUT2D eigenvalue weighted by molar-refractivity contribution is 7.07. The SMILES string of the molecule is O=C(Cn1ccc(=O)[nH]c1=O)N1C[C@H]2CC[C@@H]1CN(Cc1cscn1)C2. The number of thiazole rings is 1. The highest BCUT2D eigenvalue weighted by Gasteiger charge is 2.37. The minimum absolute atomic E-state index is 0.0368. The van der Waals surface area contributed by atoms with E-state index in [0.29, 0.717) is 5.92 Å². The highest BCUT2D eigenvalue weighted by atomic mass is 32.1. The largest absolute Gasteiger partial charge is 0.337 e. The van der Waals surface area contributed by atoms with Gasteiger partial charge >= 0.3 is 5.69 Å². The Morgan fingerprint density at radius 3 is 2.92 bits per heavy atom. The number of amides is 1. The Kier molecular flexibility index (Phi) is 4.73. The van der Waals surface area contributed by atoms with Gasteiger partial charge in [-0.05, 0) is 18.8 Å². The van der Waals surface area contributed by atoms with E-state index in [-0.39, 0.29) is 18.5 Å². The first-order valence-electron chi connectivity index (χ1n) is 8.77. The second-order valence-corrected chi connectivity index (χ2v) is 7.77. The van der Waals surface area contributed by atoms with Crippen LogP contribution in [0.15, 0.2) is 32.7 Å². The van der Waals surface area contributed by atoms with E-state index in [1.165, 1.54) is 16.8 Å². The molecule has 0 unspecified atom stereocenters. The van der Waals surface area contributed by atoms with Crippen LogP contribution in [0.5, 0.6) is 0 Å². The number of aromatic amines is 1. The van der Waals surface area contributed by atoms with Gasteiger partial charge in [-0.3, -0.25) is 24.0 Å². The summed E-state index contributed by atoms with van der Waals surface area (Å²) in [7, 11) is 0. The number of carbonyl (C=O) groups is 1. The molecule has 8 nitrogen and oxygen atoms in total. The van der Waals surface area contributed by atoms with Crippen LogP contribution in [-0.2, 0) is 17.9 Å². The van der Waals surface area contributed by atoms with Gasteiger partial charge in [-0.1, -0.05) is 0 Å². The van der Waals surface area contributed by atoms with Crippen LogP contribution in [0.1, 0.15) is 18.5 Å². The summed E-state index contributed by atoms with van der Waals surface area (Å²) in [5.41, 5.74) is 1.93. The van der Waals surface area contributed by atoms with Gasteiger partial charge in [0.05, 0.1) is 11.2 Å². The van der Waals surface area contributed by atoms with Crippen molar-refractivity contribution in [2.75, 3.05) is 19.6 Å². The van der Waals surface area contributed by atoms with Crippen LogP contribution in [0.3, 0.4) is 0 Å². The van der Waals surface area contributed by atoms with Crippen molar-refractivity contribution in [3.8, 4) is 0 Å². The lowest BCUT2D eigenvalue weighted by atomic mass is 9.95. The van der Waals surface area contributed by atoms with E-state index in [1.54, 1.807) is 11.3 Å². The number of hydrogen-bond donors (Lipinski definition) is 1. The van der Waals surface area contributed by atoms with Crippen LogP contribution in [-0.4, -0.2) is 55.9 Å². The molecule has 5 rings (SSSR count). The first kappa shape index (κ1) is 17.2. The number of fused-ring (bicyclic) bond motifs is 4. The van der Waals surface area contributed by atoms with E-state index in [2.05, 4.69) is 20.2 Å². The van der Waals surface area contributed by atoms with Crippen LogP contribution >= 0.6 is 11.3 Å². The molecule has 3 saturated heterocycles. The first-order chi connectivity index (χ1) is 12.6. The number of aromatic nitrogens is 3. The molecular formula is C17H21N5O3S. The molecule has 3 aliphatic heterocycles. The molecule has 3 fully saturated rings. The first-order valence-corrected chi connectivity index (χ1v) is 9.71. The summed E-state index contributed by atoms with van der Waals surface area (Å²) in [4.78, 5) is 46.7. The van der Waals surface area contributed by atoms with Crippen LogP contribution < -0.4 is 11.2 Å². The fourth-order valence-corrected chi connectivity index (χ4v) is 4.51. The van der Waals surface area contributed by atoms with E-state index >= 15 is 0 Å². The average molecular weight is 375 g/mol. The molecule has 0 radical (unpaired) electrons. The zero-order chi connectivity index (χ0) is 18.1. The summed E-state index contributed by atoms with van der Waals surface area (Å²) in [5, 5.41) is 2.07. The van der Waals surface area contributed by atoms with Gasteiger partial charge in [0.2, 0.25) is 5.91 Å². The van der Waals surface area contributed by atoms with Crippen molar-refractivity contribution in [1.82, 2.24) is 24.3 Å². The van der Waals surface area contributed by atoms with E-state index in [1.807, 2.05) is 10.4 Å². The van der Waals surface area contributed by atoms with E-state index < -0.39 is 11.2 Å². The second kappa shape index (κ2) is 7.16. The lowest BCUT2D eigenvalue weighted by molar-refractivity contribution is -0.136. The van der Waals surface area contributed by atoms with E-state index in [0.717, 1.165) is 44.7 Å². The summed E-state index contributed by atoms with van der Waals surface area (Å²) >= 11 is 1.60. The van der Waals surface area contributed by atoms with E-state index in [4.69, 9.17) is 0 Å². The molecule has 1 N–H and O–H groups in total. The summed E-state index contributed by atoms with van der Waals surface area (Å²) in [6.45, 7) is 3.31. The monoisotopic (exact) mass is 375 g/mol. The molecule has 0 spiro atoms. The molecule has 26 heavy (non-hydrogen) atoms. The van der Waals surface area contributed by atoms with Crippen molar-refractivity contribution in [3.05, 3.63) is 49.7 Å². The van der Waals surface area contributed by atoms with Crippen LogP contribution in [0.4, 0.5) is 0 Å². The smallest absolute Gasteiger partial charge is 0.328 e. The molecule has 2 aromatic heterocycles. The number of hydrogen-bond acceptors (Lipinski definition) is 6. The standard InChI is InChI=1S/C17H21N5O3S/c23-15-3-4-21(17(25)19-15)9-16(24)22-6-12-1-2-14(22)8-20(5-12)7-13-10-26-11-18-13/h3-4,10-12,14H,1-2,5-9H2,(H,19,23,25)/t12-,14+/m0/s1. The topological polar surface area (TPSA) is 91.3 Å². The predicted molar refractivity (Wildman–Crippen MR) is 96.9 cm³/mol. The zero-order valence-corrected chi connectivity index (χ0v) is 15.2. The molecule has 138 valence electrons. The van der Waals surface area contributed by atoms with Gasteiger partial charge in [-0.25, -0.2) is 9.78 Å². The Hall–Kier alpha value is -2.26. The second-order valence-electron chi connectivity index (χ2n) is 7.06. The minimum atomic E-state index is -0.545. The van der Waals surface area contributed by atoms with Crippen molar-refractivity contribution in [1.29, 1.82) is 0 Å². The van der Waals surface area contributed by atoms with Crippen LogP contribution in [0.2, 0.25) is 0 Å². The van der Waals surface area contributed by atoms with Gasteiger partial charge in [-0.15, -0.1) is 11.3 Å². The third-order valence-electron chi connectivity index (χ3n) is 5.18. The Bertz CT molecular complexity index is 890. The number of nitrogens with one attached hydrogen (secondary N) is 1. The van der Waals surface area contributed by atoms with Gasteiger partial charge in [0, 0.05) is 49.9 Å². The molecule has 2 aromatic rings. The normalized spacial score (nSPS) is 23.2. The van der Waals surface area contributed by atoms with Gasteiger partial charge in [0.1, 0.15) is 6.54 Å². The average Bonchev–Trinajstić information content (AvgIpc) is 2.96. The minimum Gasteiger partial charge on any atom is -0.337 e. The molecule has 1 amide bonds. The third kappa shape index (κ3) is 3.63. The Morgan fingerprint density at radius 2 is 2.15 bits per heavy atom. The summed E-state index contributed by atoms with van der Waals surface area (Å²) in [5.74, 6) is 0.382. The van der Waals surface area contributed by atoms with E-state index in [9.17, 15) is 14.4 Å². The van der Waals surface area contributed by atoms with Gasteiger partial charge < -0.3 is 4.90 Å². The summed E-state index contributed by atoms with van der Waals surface area (Å²) in [6, 6.07) is 1.43. The molecular weight excluding hydrogens is 354 g/mol. The van der Waals surface area contributed by atoms with Gasteiger partial charge in [0.25, 0.3) is 5.56 Å². The number of rotatable bonds is 4. The van der Waals surface area contributed by atoms with Crippen molar-refractivity contribution in [2.45, 2.75) is 32.0 Å². The maximum Gasteiger partial charge on any atom is 0.328 e. The predicted octanol–water partition coefficient (Wildman–Crippen LogP) is 0.116. The number of piperidine rings is 1. The molecule has 0 saturated carbocycles. The molecule has 2 atom stereocenters.